The zero-order valence-corrected chi connectivity index (χ0v) is 7.09. The molecule has 58 valence electrons. The highest BCUT2D eigenvalue weighted by Gasteiger charge is 1.98. The van der Waals surface area contributed by atoms with Crippen LogP contribution in [0.3, 0.4) is 0 Å². The van der Waals surface area contributed by atoms with Gasteiger partial charge in [-0.15, -0.1) is 0 Å². The summed E-state index contributed by atoms with van der Waals surface area (Å²) in [6.07, 6.45) is 0. The fourth-order valence-electron chi connectivity index (χ4n) is 1.09. The van der Waals surface area contributed by atoms with Crippen molar-refractivity contribution in [3.8, 4) is 0 Å². The van der Waals surface area contributed by atoms with Crippen molar-refractivity contribution in [2.45, 2.75) is 13.8 Å². The van der Waals surface area contributed by atoms with E-state index in [1.807, 2.05) is 18.2 Å². The summed E-state index contributed by atoms with van der Waals surface area (Å²) in [6, 6.07) is 11.9. The molecule has 1 nitrogen and oxygen atoms in total. The molecule has 1 aromatic carbocycles. The fourth-order valence-corrected chi connectivity index (χ4v) is 1.09. The van der Waals surface area contributed by atoms with Gasteiger partial charge in [0.25, 0.3) is 0 Å². The SMILES string of the molecule is CCN(CC)c1[c]cc[c]c1. The van der Waals surface area contributed by atoms with Crippen LogP contribution < -0.4 is 4.90 Å². The summed E-state index contributed by atoms with van der Waals surface area (Å²) in [5, 5.41) is 0. The van der Waals surface area contributed by atoms with Gasteiger partial charge in [-0.3, -0.25) is 0 Å². The molecule has 1 heteroatoms. The molecule has 1 rings (SSSR count). The van der Waals surface area contributed by atoms with Crippen LogP contribution in [0.1, 0.15) is 13.8 Å². The Bertz CT molecular complexity index is 189. The summed E-state index contributed by atoms with van der Waals surface area (Å²) < 4.78 is 0. The largest absolute Gasteiger partial charge is 0.372 e. The molecule has 0 aliphatic rings. The summed E-state index contributed by atoms with van der Waals surface area (Å²) in [6.45, 7) is 6.35. The zero-order chi connectivity index (χ0) is 8.10. The number of benzene rings is 1. The third-order valence-corrected chi connectivity index (χ3v) is 1.73. The molecule has 0 atom stereocenters. The van der Waals surface area contributed by atoms with Gasteiger partial charge in [0.2, 0.25) is 0 Å². The Labute approximate surface area is 68.7 Å². The highest BCUT2D eigenvalue weighted by atomic mass is 15.1. The molecule has 0 aliphatic heterocycles. The summed E-state index contributed by atoms with van der Waals surface area (Å²) >= 11 is 0. The van der Waals surface area contributed by atoms with Gasteiger partial charge >= 0.3 is 0 Å². The monoisotopic (exact) mass is 147 g/mol. The summed E-state index contributed by atoms with van der Waals surface area (Å²) in [4.78, 5) is 2.25. The zero-order valence-electron chi connectivity index (χ0n) is 7.09. The van der Waals surface area contributed by atoms with E-state index >= 15 is 0 Å². The van der Waals surface area contributed by atoms with E-state index in [9.17, 15) is 0 Å². The molecular formula is C10H13N. The van der Waals surface area contributed by atoms with Gasteiger partial charge in [0.15, 0.2) is 0 Å². The Morgan fingerprint density at radius 2 is 2.00 bits per heavy atom. The van der Waals surface area contributed by atoms with Gasteiger partial charge in [-0.05, 0) is 26.0 Å². The molecule has 2 radical (unpaired) electrons. The Hall–Kier alpha value is -0.980. The smallest absolute Gasteiger partial charge is 0.0452 e. The van der Waals surface area contributed by atoms with Crippen LogP contribution in [-0.2, 0) is 0 Å². The normalized spacial score (nSPS) is 9.64. The van der Waals surface area contributed by atoms with Gasteiger partial charge in [0.1, 0.15) is 0 Å². The second-order valence-electron chi connectivity index (χ2n) is 2.35. The molecule has 11 heavy (non-hydrogen) atoms. The van der Waals surface area contributed by atoms with E-state index in [4.69, 9.17) is 0 Å². The summed E-state index contributed by atoms with van der Waals surface area (Å²) in [5.74, 6) is 0. The first-order chi connectivity index (χ1) is 5.38. The first kappa shape index (κ1) is 8.12. The van der Waals surface area contributed by atoms with Gasteiger partial charge in [-0.1, -0.05) is 12.1 Å². The number of hydrogen-bond acceptors (Lipinski definition) is 1. The fraction of sp³-hybridized carbons (Fsp3) is 0.400. The molecule has 0 heterocycles. The first-order valence-corrected chi connectivity index (χ1v) is 4.01. The molecule has 0 aliphatic carbocycles. The Balaban J connectivity index is 2.74. The molecule has 0 fully saturated rings. The van der Waals surface area contributed by atoms with E-state index in [2.05, 4.69) is 30.9 Å². The lowest BCUT2D eigenvalue weighted by Gasteiger charge is -2.19. The molecule has 0 spiro atoms. The molecule has 0 aromatic heterocycles. The van der Waals surface area contributed by atoms with Gasteiger partial charge < -0.3 is 4.90 Å². The third-order valence-electron chi connectivity index (χ3n) is 1.73. The lowest BCUT2D eigenvalue weighted by molar-refractivity contribution is 0.865. The van der Waals surface area contributed by atoms with Crippen LogP contribution in [0.2, 0.25) is 0 Å². The maximum atomic E-state index is 3.16. The van der Waals surface area contributed by atoms with Crippen molar-refractivity contribution in [2.24, 2.45) is 0 Å². The Morgan fingerprint density at radius 1 is 1.27 bits per heavy atom. The van der Waals surface area contributed by atoms with Gasteiger partial charge in [0, 0.05) is 24.8 Å². The van der Waals surface area contributed by atoms with Crippen LogP contribution in [-0.4, -0.2) is 13.1 Å². The van der Waals surface area contributed by atoms with Crippen molar-refractivity contribution >= 4 is 5.69 Å². The van der Waals surface area contributed by atoms with E-state index < -0.39 is 0 Å². The minimum atomic E-state index is 1.03. The molecule has 1 aromatic rings. The Kier molecular flexibility index (Phi) is 2.96. The van der Waals surface area contributed by atoms with Crippen molar-refractivity contribution in [2.75, 3.05) is 18.0 Å². The van der Waals surface area contributed by atoms with E-state index in [1.165, 1.54) is 0 Å². The standard InChI is InChI=1S/C10H13N/c1-3-11(4-2)10-8-6-5-7-9-10/h5-6,9H,3-4H2,1-2H3. The van der Waals surface area contributed by atoms with E-state index in [0.717, 1.165) is 18.8 Å². The van der Waals surface area contributed by atoms with E-state index in [0.29, 0.717) is 0 Å². The minimum Gasteiger partial charge on any atom is -0.372 e. The molecule has 0 unspecified atom stereocenters. The average molecular weight is 147 g/mol. The maximum Gasteiger partial charge on any atom is 0.0452 e. The van der Waals surface area contributed by atoms with Gasteiger partial charge in [-0.2, -0.15) is 0 Å². The molecule has 0 N–H and O–H groups in total. The van der Waals surface area contributed by atoms with Crippen LogP contribution in [0.5, 0.6) is 0 Å². The number of hydrogen-bond donors (Lipinski definition) is 0. The highest BCUT2D eigenvalue weighted by Crippen LogP contribution is 2.10. The number of anilines is 1. The first-order valence-electron chi connectivity index (χ1n) is 4.01. The third kappa shape index (κ3) is 1.97. The molecule has 0 amide bonds. The summed E-state index contributed by atoms with van der Waals surface area (Å²) in [7, 11) is 0. The highest BCUT2D eigenvalue weighted by molar-refractivity contribution is 5.43. The average Bonchev–Trinajstić information content (AvgIpc) is 2.09. The summed E-state index contributed by atoms with van der Waals surface area (Å²) in [5.41, 5.74) is 1.14. The molecule has 0 saturated heterocycles. The van der Waals surface area contributed by atoms with Crippen molar-refractivity contribution < 1.29 is 0 Å². The van der Waals surface area contributed by atoms with Crippen LogP contribution in [0.15, 0.2) is 18.2 Å². The second-order valence-corrected chi connectivity index (χ2v) is 2.35. The molecule has 0 saturated carbocycles. The Morgan fingerprint density at radius 3 is 2.45 bits per heavy atom. The minimum absolute atomic E-state index is 1.03. The predicted molar refractivity (Wildman–Crippen MR) is 47.7 cm³/mol. The number of nitrogens with zero attached hydrogens (tertiary/aromatic N) is 1. The van der Waals surface area contributed by atoms with Crippen LogP contribution in [0, 0.1) is 12.1 Å². The van der Waals surface area contributed by atoms with Gasteiger partial charge in [-0.25, -0.2) is 0 Å². The van der Waals surface area contributed by atoms with E-state index in [1.54, 1.807) is 0 Å². The van der Waals surface area contributed by atoms with Crippen LogP contribution in [0.25, 0.3) is 0 Å². The molecular weight excluding hydrogens is 134 g/mol. The lowest BCUT2D eigenvalue weighted by Crippen LogP contribution is -2.21. The van der Waals surface area contributed by atoms with Crippen molar-refractivity contribution in [3.63, 3.8) is 0 Å². The lowest BCUT2D eigenvalue weighted by atomic mass is 10.3. The predicted octanol–water partition coefficient (Wildman–Crippen LogP) is 2.13. The molecule has 0 bridgehead atoms. The van der Waals surface area contributed by atoms with Gasteiger partial charge in [0.05, 0.1) is 0 Å². The van der Waals surface area contributed by atoms with Crippen LogP contribution in [0.4, 0.5) is 5.69 Å². The topological polar surface area (TPSA) is 3.24 Å². The van der Waals surface area contributed by atoms with Crippen molar-refractivity contribution in [1.82, 2.24) is 0 Å². The quantitative estimate of drug-likeness (QED) is 0.633. The van der Waals surface area contributed by atoms with Crippen molar-refractivity contribution in [3.05, 3.63) is 30.3 Å². The van der Waals surface area contributed by atoms with E-state index in [-0.39, 0.29) is 0 Å². The number of rotatable bonds is 3. The van der Waals surface area contributed by atoms with Crippen LogP contribution >= 0.6 is 0 Å². The van der Waals surface area contributed by atoms with Crippen molar-refractivity contribution in [1.29, 1.82) is 0 Å². The second kappa shape index (κ2) is 4.02. The maximum absolute atomic E-state index is 3.16.